The van der Waals surface area contributed by atoms with Gasteiger partial charge in [0.05, 0.1) is 16.9 Å². The van der Waals surface area contributed by atoms with E-state index in [0.29, 0.717) is 5.69 Å². The molecule has 0 saturated carbocycles. The molecule has 0 bridgehead atoms. The van der Waals surface area contributed by atoms with Crippen LogP contribution >= 0.6 is 0 Å². The molecular formula is C13H19F3N2. The Morgan fingerprint density at radius 2 is 1.78 bits per heavy atom. The SMILES string of the molecule is CCC(CC)N(C)c1ccc(C(F)(F)F)cc1N. The predicted molar refractivity (Wildman–Crippen MR) is 68.6 cm³/mol. The highest BCUT2D eigenvalue weighted by molar-refractivity contribution is 5.68. The van der Waals surface area contributed by atoms with Gasteiger partial charge in [0.2, 0.25) is 0 Å². The molecule has 0 heterocycles. The predicted octanol–water partition coefficient (Wildman–Crippen LogP) is 3.91. The van der Waals surface area contributed by atoms with Gasteiger partial charge < -0.3 is 10.6 Å². The Morgan fingerprint density at radius 3 is 2.17 bits per heavy atom. The van der Waals surface area contributed by atoms with Gasteiger partial charge in [-0.1, -0.05) is 13.8 Å². The molecule has 0 fully saturated rings. The first-order valence-corrected chi connectivity index (χ1v) is 6.00. The summed E-state index contributed by atoms with van der Waals surface area (Å²) in [5, 5.41) is 0. The van der Waals surface area contributed by atoms with Crippen molar-refractivity contribution in [1.29, 1.82) is 0 Å². The smallest absolute Gasteiger partial charge is 0.397 e. The van der Waals surface area contributed by atoms with Gasteiger partial charge in [0.1, 0.15) is 0 Å². The molecule has 1 aromatic rings. The molecule has 102 valence electrons. The van der Waals surface area contributed by atoms with E-state index in [1.165, 1.54) is 6.07 Å². The lowest BCUT2D eigenvalue weighted by molar-refractivity contribution is -0.137. The molecule has 2 nitrogen and oxygen atoms in total. The van der Waals surface area contributed by atoms with Gasteiger partial charge >= 0.3 is 6.18 Å². The number of nitrogen functional groups attached to an aromatic ring is 1. The minimum absolute atomic E-state index is 0.166. The summed E-state index contributed by atoms with van der Waals surface area (Å²) in [6.45, 7) is 4.09. The molecule has 0 aliphatic carbocycles. The molecule has 0 aliphatic heterocycles. The van der Waals surface area contributed by atoms with E-state index in [1.54, 1.807) is 0 Å². The van der Waals surface area contributed by atoms with E-state index >= 15 is 0 Å². The molecule has 0 saturated heterocycles. The van der Waals surface area contributed by atoms with E-state index in [-0.39, 0.29) is 11.7 Å². The average Bonchev–Trinajstić information content (AvgIpc) is 2.29. The molecule has 0 aromatic heterocycles. The van der Waals surface area contributed by atoms with Gasteiger partial charge in [0.25, 0.3) is 0 Å². The summed E-state index contributed by atoms with van der Waals surface area (Å²) in [5.74, 6) is 0. The van der Waals surface area contributed by atoms with Crippen molar-refractivity contribution in [3.05, 3.63) is 23.8 Å². The summed E-state index contributed by atoms with van der Waals surface area (Å²) in [5.41, 5.74) is 5.83. The van der Waals surface area contributed by atoms with Crippen molar-refractivity contribution in [2.75, 3.05) is 17.7 Å². The van der Waals surface area contributed by atoms with E-state index in [1.807, 2.05) is 25.8 Å². The van der Waals surface area contributed by atoms with Crippen molar-refractivity contribution in [2.45, 2.75) is 38.9 Å². The van der Waals surface area contributed by atoms with E-state index in [2.05, 4.69) is 0 Å². The lowest BCUT2D eigenvalue weighted by Gasteiger charge is -2.29. The standard InChI is InChI=1S/C13H19F3N2/c1-4-10(5-2)18(3)12-7-6-9(8-11(12)17)13(14,15)16/h6-8,10H,4-5,17H2,1-3H3. The summed E-state index contributed by atoms with van der Waals surface area (Å²) in [6.07, 6.45) is -2.50. The Hall–Kier alpha value is -1.39. The van der Waals surface area contributed by atoms with E-state index in [4.69, 9.17) is 5.73 Å². The minimum Gasteiger partial charge on any atom is -0.397 e. The van der Waals surface area contributed by atoms with Crippen LogP contribution in [-0.2, 0) is 6.18 Å². The summed E-state index contributed by atoms with van der Waals surface area (Å²) in [6, 6.07) is 3.79. The molecule has 0 unspecified atom stereocenters. The quantitative estimate of drug-likeness (QED) is 0.831. The fraction of sp³-hybridized carbons (Fsp3) is 0.538. The van der Waals surface area contributed by atoms with Crippen molar-refractivity contribution < 1.29 is 13.2 Å². The number of rotatable bonds is 4. The van der Waals surface area contributed by atoms with Gasteiger partial charge in [0, 0.05) is 13.1 Å². The minimum atomic E-state index is -4.35. The topological polar surface area (TPSA) is 29.3 Å². The van der Waals surface area contributed by atoms with Crippen molar-refractivity contribution in [2.24, 2.45) is 0 Å². The maximum Gasteiger partial charge on any atom is 0.416 e. The van der Waals surface area contributed by atoms with Crippen LogP contribution in [0.1, 0.15) is 32.3 Å². The van der Waals surface area contributed by atoms with Gasteiger partial charge in [-0.15, -0.1) is 0 Å². The number of nitrogens with zero attached hydrogens (tertiary/aromatic N) is 1. The number of anilines is 2. The highest BCUT2D eigenvalue weighted by Crippen LogP contribution is 2.34. The molecule has 1 rings (SSSR count). The van der Waals surface area contributed by atoms with Crippen LogP contribution in [0.3, 0.4) is 0 Å². The Morgan fingerprint density at radius 1 is 1.22 bits per heavy atom. The summed E-state index contributed by atoms with van der Waals surface area (Å²) >= 11 is 0. The van der Waals surface area contributed by atoms with Crippen LogP contribution < -0.4 is 10.6 Å². The Kier molecular flexibility index (Phi) is 4.48. The first kappa shape index (κ1) is 14.7. The monoisotopic (exact) mass is 260 g/mol. The lowest BCUT2D eigenvalue weighted by atomic mass is 10.1. The van der Waals surface area contributed by atoms with E-state index < -0.39 is 11.7 Å². The second-order valence-electron chi connectivity index (χ2n) is 4.35. The van der Waals surface area contributed by atoms with Crippen LogP contribution in [-0.4, -0.2) is 13.1 Å². The number of halogens is 3. The van der Waals surface area contributed by atoms with Crippen LogP contribution in [0.25, 0.3) is 0 Å². The number of hydrogen-bond donors (Lipinski definition) is 1. The molecule has 0 spiro atoms. The van der Waals surface area contributed by atoms with Crippen LogP contribution in [0.15, 0.2) is 18.2 Å². The third-order valence-electron chi connectivity index (χ3n) is 3.23. The highest BCUT2D eigenvalue weighted by Gasteiger charge is 2.31. The van der Waals surface area contributed by atoms with Gasteiger partial charge in [-0.3, -0.25) is 0 Å². The number of nitrogens with two attached hydrogens (primary N) is 1. The molecular weight excluding hydrogens is 241 g/mol. The van der Waals surface area contributed by atoms with Crippen LogP contribution in [0, 0.1) is 0 Å². The van der Waals surface area contributed by atoms with Crippen molar-refractivity contribution in [1.82, 2.24) is 0 Å². The normalized spacial score (nSPS) is 11.9. The second kappa shape index (κ2) is 5.50. The van der Waals surface area contributed by atoms with Crippen molar-refractivity contribution in [3.8, 4) is 0 Å². The zero-order valence-corrected chi connectivity index (χ0v) is 10.9. The first-order valence-electron chi connectivity index (χ1n) is 6.00. The molecule has 0 aliphatic rings. The maximum absolute atomic E-state index is 12.5. The number of benzene rings is 1. The van der Waals surface area contributed by atoms with Crippen LogP contribution in [0.5, 0.6) is 0 Å². The maximum atomic E-state index is 12.5. The third kappa shape index (κ3) is 3.09. The lowest BCUT2D eigenvalue weighted by Crippen LogP contribution is -2.31. The largest absolute Gasteiger partial charge is 0.416 e. The molecule has 0 radical (unpaired) electrons. The summed E-state index contributed by atoms with van der Waals surface area (Å²) < 4.78 is 37.6. The average molecular weight is 260 g/mol. The van der Waals surface area contributed by atoms with Crippen molar-refractivity contribution >= 4 is 11.4 Å². The molecule has 0 atom stereocenters. The number of hydrogen-bond acceptors (Lipinski definition) is 2. The van der Waals surface area contributed by atoms with Crippen LogP contribution in [0.2, 0.25) is 0 Å². The van der Waals surface area contributed by atoms with Gasteiger partial charge in [0.15, 0.2) is 0 Å². The Labute approximate surface area is 106 Å². The zero-order chi connectivity index (χ0) is 13.9. The number of alkyl halides is 3. The Balaban J connectivity index is 3.06. The molecule has 1 aromatic carbocycles. The third-order valence-corrected chi connectivity index (χ3v) is 3.23. The van der Waals surface area contributed by atoms with Gasteiger partial charge in [-0.2, -0.15) is 13.2 Å². The van der Waals surface area contributed by atoms with Crippen LogP contribution in [0.4, 0.5) is 24.5 Å². The first-order chi connectivity index (χ1) is 8.31. The molecule has 2 N–H and O–H groups in total. The highest BCUT2D eigenvalue weighted by atomic mass is 19.4. The molecule has 5 heteroatoms. The van der Waals surface area contributed by atoms with E-state index in [9.17, 15) is 13.2 Å². The summed E-state index contributed by atoms with van der Waals surface area (Å²) in [4.78, 5) is 1.94. The summed E-state index contributed by atoms with van der Waals surface area (Å²) in [7, 11) is 1.86. The molecule has 18 heavy (non-hydrogen) atoms. The van der Waals surface area contributed by atoms with E-state index in [0.717, 1.165) is 25.0 Å². The van der Waals surface area contributed by atoms with Gasteiger partial charge in [-0.25, -0.2) is 0 Å². The Bertz CT molecular complexity index is 398. The van der Waals surface area contributed by atoms with Gasteiger partial charge in [-0.05, 0) is 31.0 Å². The second-order valence-corrected chi connectivity index (χ2v) is 4.35. The zero-order valence-electron chi connectivity index (χ0n) is 10.9. The van der Waals surface area contributed by atoms with Crippen molar-refractivity contribution in [3.63, 3.8) is 0 Å². The molecule has 0 amide bonds. The fourth-order valence-corrected chi connectivity index (χ4v) is 2.09. The fourth-order valence-electron chi connectivity index (χ4n) is 2.09.